The summed E-state index contributed by atoms with van der Waals surface area (Å²) in [6.07, 6.45) is 0.887. The summed E-state index contributed by atoms with van der Waals surface area (Å²) in [5.74, 6) is 0.0213. The number of carbonyl (C=O) groups is 1. The van der Waals surface area contributed by atoms with Crippen molar-refractivity contribution in [2.24, 2.45) is 0 Å². The highest BCUT2D eigenvalue weighted by Gasteiger charge is 2.16. The zero-order valence-electron chi connectivity index (χ0n) is 14.7. The van der Waals surface area contributed by atoms with Crippen LogP contribution in [0.4, 0.5) is 0 Å². The molecule has 1 N–H and O–H groups in total. The molecule has 0 saturated carbocycles. The SMILES string of the molecule is CCCN(CC(=O)O)Cc1nc2cc(Cl)ccc2n1Cc1ccccc1. The summed E-state index contributed by atoms with van der Waals surface area (Å²) in [6.45, 7) is 3.92. The lowest BCUT2D eigenvalue weighted by Crippen LogP contribution is -2.31. The summed E-state index contributed by atoms with van der Waals surface area (Å²) >= 11 is 6.13. The Morgan fingerprint density at radius 2 is 2.00 bits per heavy atom. The Hall–Kier alpha value is -2.37. The number of fused-ring (bicyclic) bond motifs is 1. The number of aliphatic carboxylic acids is 1. The largest absolute Gasteiger partial charge is 0.480 e. The molecule has 3 rings (SSSR count). The molecule has 0 fully saturated rings. The van der Waals surface area contributed by atoms with Crippen LogP contribution < -0.4 is 0 Å². The van der Waals surface area contributed by atoms with Gasteiger partial charge >= 0.3 is 5.97 Å². The van der Waals surface area contributed by atoms with Gasteiger partial charge in [-0.2, -0.15) is 0 Å². The van der Waals surface area contributed by atoms with E-state index < -0.39 is 5.97 Å². The van der Waals surface area contributed by atoms with Crippen LogP contribution in [0.2, 0.25) is 5.02 Å². The van der Waals surface area contributed by atoms with Crippen molar-refractivity contribution in [2.45, 2.75) is 26.4 Å². The number of carboxylic acids is 1. The minimum Gasteiger partial charge on any atom is -0.480 e. The van der Waals surface area contributed by atoms with Gasteiger partial charge in [0.05, 0.1) is 24.1 Å². The molecule has 0 aliphatic heterocycles. The number of hydrogen-bond acceptors (Lipinski definition) is 3. The predicted molar refractivity (Wildman–Crippen MR) is 103 cm³/mol. The van der Waals surface area contributed by atoms with E-state index in [0.717, 1.165) is 23.3 Å². The molecule has 0 amide bonds. The number of imidazole rings is 1. The summed E-state index contributed by atoms with van der Waals surface area (Å²) in [5.41, 5.74) is 3.00. The fourth-order valence-corrected chi connectivity index (χ4v) is 3.30. The number of hydrogen-bond donors (Lipinski definition) is 1. The van der Waals surface area contributed by atoms with Gasteiger partial charge in [0.1, 0.15) is 5.82 Å². The fraction of sp³-hybridized carbons (Fsp3) is 0.300. The van der Waals surface area contributed by atoms with Gasteiger partial charge in [-0.1, -0.05) is 48.9 Å². The molecule has 0 bridgehead atoms. The molecule has 6 heteroatoms. The molecule has 26 heavy (non-hydrogen) atoms. The zero-order chi connectivity index (χ0) is 18.5. The van der Waals surface area contributed by atoms with E-state index in [0.29, 0.717) is 24.7 Å². The van der Waals surface area contributed by atoms with Gasteiger partial charge in [-0.05, 0) is 36.7 Å². The molecule has 0 atom stereocenters. The van der Waals surface area contributed by atoms with E-state index in [9.17, 15) is 9.90 Å². The van der Waals surface area contributed by atoms with E-state index in [4.69, 9.17) is 16.6 Å². The molecule has 0 spiro atoms. The molecular formula is C20H22ClN3O2. The number of nitrogens with zero attached hydrogens (tertiary/aromatic N) is 3. The van der Waals surface area contributed by atoms with Crippen molar-refractivity contribution in [1.29, 1.82) is 0 Å². The third-order valence-corrected chi connectivity index (χ3v) is 4.47. The molecule has 0 radical (unpaired) electrons. The van der Waals surface area contributed by atoms with Gasteiger partial charge < -0.3 is 9.67 Å². The first-order valence-electron chi connectivity index (χ1n) is 8.69. The molecule has 0 aliphatic rings. The van der Waals surface area contributed by atoms with Gasteiger partial charge in [-0.15, -0.1) is 0 Å². The summed E-state index contributed by atoms with van der Waals surface area (Å²) in [5, 5.41) is 9.83. The Morgan fingerprint density at radius 1 is 1.23 bits per heavy atom. The van der Waals surface area contributed by atoms with Crippen LogP contribution in [-0.4, -0.2) is 38.6 Å². The van der Waals surface area contributed by atoms with Crippen LogP contribution in [0.5, 0.6) is 0 Å². The van der Waals surface area contributed by atoms with Gasteiger partial charge in [0.2, 0.25) is 0 Å². The van der Waals surface area contributed by atoms with Crippen molar-refractivity contribution in [3.63, 3.8) is 0 Å². The monoisotopic (exact) mass is 371 g/mol. The van der Waals surface area contributed by atoms with Crippen LogP contribution in [-0.2, 0) is 17.9 Å². The molecule has 5 nitrogen and oxygen atoms in total. The Labute approximate surface area is 157 Å². The molecule has 136 valence electrons. The smallest absolute Gasteiger partial charge is 0.317 e. The van der Waals surface area contributed by atoms with E-state index in [1.165, 1.54) is 5.56 Å². The molecule has 3 aromatic rings. The van der Waals surface area contributed by atoms with Gasteiger partial charge in [-0.25, -0.2) is 4.98 Å². The number of carboxylic acid groups (broad SMARTS) is 1. The maximum absolute atomic E-state index is 11.2. The maximum atomic E-state index is 11.2. The van der Waals surface area contributed by atoms with Crippen LogP contribution in [0.25, 0.3) is 11.0 Å². The van der Waals surface area contributed by atoms with Gasteiger partial charge in [0.25, 0.3) is 0 Å². The highest BCUT2D eigenvalue weighted by Crippen LogP contribution is 2.23. The normalized spacial score (nSPS) is 11.3. The number of aromatic nitrogens is 2. The third kappa shape index (κ3) is 4.42. The zero-order valence-corrected chi connectivity index (χ0v) is 15.5. The average molecular weight is 372 g/mol. The highest BCUT2D eigenvalue weighted by atomic mass is 35.5. The van der Waals surface area contributed by atoms with E-state index >= 15 is 0 Å². The lowest BCUT2D eigenvalue weighted by Gasteiger charge is -2.20. The first-order chi connectivity index (χ1) is 12.6. The van der Waals surface area contributed by atoms with E-state index in [-0.39, 0.29) is 6.54 Å². The molecule has 0 saturated heterocycles. The number of rotatable bonds is 8. The third-order valence-electron chi connectivity index (χ3n) is 4.24. The number of benzene rings is 2. The van der Waals surface area contributed by atoms with Crippen molar-refractivity contribution in [1.82, 2.24) is 14.5 Å². The molecule has 0 unspecified atom stereocenters. The molecule has 1 heterocycles. The first-order valence-corrected chi connectivity index (χ1v) is 9.07. The van der Waals surface area contributed by atoms with E-state index in [2.05, 4.69) is 16.7 Å². The second kappa shape index (κ2) is 8.34. The predicted octanol–water partition coefficient (Wildman–Crippen LogP) is 4.03. The van der Waals surface area contributed by atoms with Crippen molar-refractivity contribution in [3.8, 4) is 0 Å². The molecule has 2 aromatic carbocycles. The summed E-state index contributed by atoms with van der Waals surface area (Å²) < 4.78 is 2.14. The summed E-state index contributed by atoms with van der Waals surface area (Å²) in [4.78, 5) is 17.8. The van der Waals surface area contributed by atoms with Gasteiger partial charge in [-0.3, -0.25) is 9.69 Å². The van der Waals surface area contributed by atoms with Crippen LogP contribution in [0, 0.1) is 0 Å². The second-order valence-corrected chi connectivity index (χ2v) is 6.77. The fourth-order valence-electron chi connectivity index (χ4n) is 3.14. The summed E-state index contributed by atoms with van der Waals surface area (Å²) in [6, 6.07) is 15.8. The van der Waals surface area contributed by atoms with Crippen molar-refractivity contribution < 1.29 is 9.90 Å². The van der Waals surface area contributed by atoms with E-state index in [1.54, 1.807) is 0 Å². The Balaban J connectivity index is 1.99. The van der Waals surface area contributed by atoms with Crippen LogP contribution in [0.15, 0.2) is 48.5 Å². The second-order valence-electron chi connectivity index (χ2n) is 6.34. The van der Waals surface area contributed by atoms with Crippen LogP contribution >= 0.6 is 11.6 Å². The lowest BCUT2D eigenvalue weighted by molar-refractivity contribution is -0.138. The maximum Gasteiger partial charge on any atom is 0.317 e. The van der Waals surface area contributed by atoms with Crippen LogP contribution in [0.3, 0.4) is 0 Å². The first kappa shape index (κ1) is 18.4. The highest BCUT2D eigenvalue weighted by molar-refractivity contribution is 6.31. The Morgan fingerprint density at radius 3 is 2.69 bits per heavy atom. The topological polar surface area (TPSA) is 58.4 Å². The quantitative estimate of drug-likeness (QED) is 0.649. The standard InChI is InChI=1S/C20H22ClN3O2/c1-2-10-23(14-20(25)26)13-19-22-17-11-16(21)8-9-18(17)24(19)12-15-6-4-3-5-7-15/h3-9,11H,2,10,12-14H2,1H3,(H,25,26). The Kier molecular flexibility index (Phi) is 5.91. The van der Waals surface area contributed by atoms with Gasteiger partial charge in [0, 0.05) is 11.6 Å². The Bertz CT molecular complexity index is 893. The van der Waals surface area contributed by atoms with Crippen molar-refractivity contribution in [3.05, 3.63) is 64.9 Å². The molecule has 1 aromatic heterocycles. The van der Waals surface area contributed by atoms with E-state index in [1.807, 2.05) is 48.2 Å². The van der Waals surface area contributed by atoms with Crippen molar-refractivity contribution >= 4 is 28.6 Å². The number of halogens is 1. The van der Waals surface area contributed by atoms with Gasteiger partial charge in [0.15, 0.2) is 0 Å². The molecule has 0 aliphatic carbocycles. The summed E-state index contributed by atoms with van der Waals surface area (Å²) in [7, 11) is 0. The molecular weight excluding hydrogens is 350 g/mol. The minimum atomic E-state index is -0.827. The minimum absolute atomic E-state index is 0.00311. The van der Waals surface area contributed by atoms with Crippen LogP contribution in [0.1, 0.15) is 24.7 Å². The van der Waals surface area contributed by atoms with Crippen molar-refractivity contribution in [2.75, 3.05) is 13.1 Å². The average Bonchev–Trinajstić information content (AvgIpc) is 2.92. The lowest BCUT2D eigenvalue weighted by atomic mass is 10.2.